The zero-order valence-corrected chi connectivity index (χ0v) is 12.9. The molecule has 1 fully saturated rings. The third-order valence-electron chi connectivity index (χ3n) is 3.21. The molecule has 1 aliphatic heterocycles. The molecular formula is C15H19NO7. The minimum Gasteiger partial charge on any atom is -0.484 e. The van der Waals surface area contributed by atoms with Gasteiger partial charge < -0.3 is 18.9 Å². The van der Waals surface area contributed by atoms with E-state index < -0.39 is 17.5 Å². The van der Waals surface area contributed by atoms with E-state index in [9.17, 15) is 14.9 Å². The van der Waals surface area contributed by atoms with E-state index in [-0.39, 0.29) is 29.9 Å². The monoisotopic (exact) mass is 325 g/mol. The van der Waals surface area contributed by atoms with Crippen molar-refractivity contribution in [1.82, 2.24) is 0 Å². The molecule has 1 heterocycles. The van der Waals surface area contributed by atoms with Crippen molar-refractivity contribution < 1.29 is 28.7 Å². The molecule has 0 spiro atoms. The Morgan fingerprint density at radius 2 is 2.30 bits per heavy atom. The van der Waals surface area contributed by atoms with Crippen molar-refractivity contribution >= 4 is 11.7 Å². The number of para-hydroxylation sites is 1. The minimum atomic E-state index is -0.599. The molecule has 8 heteroatoms. The average molecular weight is 325 g/mol. The van der Waals surface area contributed by atoms with Gasteiger partial charge in [-0.25, -0.2) is 4.79 Å². The second-order valence-corrected chi connectivity index (χ2v) is 4.91. The molecule has 1 atom stereocenters. The number of nitrogens with zero attached hydrogens (tertiary/aromatic N) is 1. The normalized spacial score (nSPS) is 17.3. The second kappa shape index (κ2) is 8.33. The third-order valence-corrected chi connectivity index (χ3v) is 3.21. The summed E-state index contributed by atoms with van der Waals surface area (Å²) < 4.78 is 21.2. The summed E-state index contributed by atoms with van der Waals surface area (Å²) >= 11 is 0. The van der Waals surface area contributed by atoms with Gasteiger partial charge in [-0.2, -0.15) is 0 Å². The molecule has 0 amide bonds. The number of nitro benzene ring substituents is 1. The first kappa shape index (κ1) is 17.0. The zero-order valence-electron chi connectivity index (χ0n) is 12.9. The molecule has 0 radical (unpaired) electrons. The number of nitro groups is 1. The van der Waals surface area contributed by atoms with Crippen LogP contribution in [0.15, 0.2) is 18.2 Å². The van der Waals surface area contributed by atoms with E-state index in [2.05, 4.69) is 0 Å². The van der Waals surface area contributed by atoms with Crippen molar-refractivity contribution in [2.75, 3.05) is 26.4 Å². The standard InChI is InChI=1S/C15H19NO7/c1-2-21-14(17)10-22-15-12(16(18)19)6-3-7-13(15)23-11-5-4-8-20-9-11/h3,6-7,11H,2,4-5,8-10H2,1H3. The summed E-state index contributed by atoms with van der Waals surface area (Å²) in [4.78, 5) is 22.0. The van der Waals surface area contributed by atoms with E-state index in [0.717, 1.165) is 12.8 Å². The van der Waals surface area contributed by atoms with Gasteiger partial charge in [0.1, 0.15) is 6.10 Å². The highest BCUT2D eigenvalue weighted by molar-refractivity contribution is 5.71. The summed E-state index contributed by atoms with van der Waals surface area (Å²) in [6.07, 6.45) is 1.45. The Bertz CT molecular complexity index is 555. The highest BCUT2D eigenvalue weighted by Gasteiger charge is 2.24. The maximum atomic E-state index is 11.4. The summed E-state index contributed by atoms with van der Waals surface area (Å²) in [7, 11) is 0. The van der Waals surface area contributed by atoms with E-state index in [0.29, 0.717) is 13.2 Å². The van der Waals surface area contributed by atoms with E-state index in [1.807, 2.05) is 0 Å². The van der Waals surface area contributed by atoms with Crippen LogP contribution in [0.25, 0.3) is 0 Å². The van der Waals surface area contributed by atoms with Crippen LogP contribution in [0, 0.1) is 10.1 Å². The van der Waals surface area contributed by atoms with Crippen LogP contribution in [0.3, 0.4) is 0 Å². The molecule has 1 aliphatic rings. The van der Waals surface area contributed by atoms with Crippen LogP contribution in [-0.4, -0.2) is 43.4 Å². The van der Waals surface area contributed by atoms with Gasteiger partial charge in [0.2, 0.25) is 5.75 Å². The first-order valence-corrected chi connectivity index (χ1v) is 7.42. The largest absolute Gasteiger partial charge is 0.484 e. The van der Waals surface area contributed by atoms with Gasteiger partial charge in [-0.1, -0.05) is 6.07 Å². The Labute approximate surface area is 133 Å². The molecule has 126 valence electrons. The van der Waals surface area contributed by atoms with Gasteiger partial charge >= 0.3 is 11.7 Å². The molecule has 0 bridgehead atoms. The summed E-state index contributed by atoms with van der Waals surface area (Å²) in [5.41, 5.74) is -0.261. The van der Waals surface area contributed by atoms with Crippen LogP contribution < -0.4 is 9.47 Å². The number of carbonyl (C=O) groups is 1. The Morgan fingerprint density at radius 3 is 2.96 bits per heavy atom. The van der Waals surface area contributed by atoms with Crippen molar-refractivity contribution in [3.63, 3.8) is 0 Å². The van der Waals surface area contributed by atoms with Gasteiger partial charge in [-0.05, 0) is 25.8 Å². The number of carbonyl (C=O) groups excluding carboxylic acids is 1. The van der Waals surface area contributed by atoms with Gasteiger partial charge in [0.25, 0.3) is 0 Å². The number of ether oxygens (including phenoxy) is 4. The molecule has 23 heavy (non-hydrogen) atoms. The molecule has 0 aromatic heterocycles. The second-order valence-electron chi connectivity index (χ2n) is 4.91. The molecule has 8 nitrogen and oxygen atoms in total. The van der Waals surface area contributed by atoms with Crippen LogP contribution in [-0.2, 0) is 14.3 Å². The highest BCUT2D eigenvalue weighted by Crippen LogP contribution is 2.37. The smallest absolute Gasteiger partial charge is 0.344 e. The number of rotatable bonds is 7. The number of esters is 1. The van der Waals surface area contributed by atoms with Crippen LogP contribution >= 0.6 is 0 Å². The Kier molecular flexibility index (Phi) is 6.16. The van der Waals surface area contributed by atoms with E-state index in [1.165, 1.54) is 12.1 Å². The fourth-order valence-electron chi connectivity index (χ4n) is 2.20. The van der Waals surface area contributed by atoms with Crippen LogP contribution in [0.5, 0.6) is 11.5 Å². The fourth-order valence-corrected chi connectivity index (χ4v) is 2.20. The quantitative estimate of drug-likeness (QED) is 0.430. The average Bonchev–Trinajstić information content (AvgIpc) is 2.54. The molecule has 2 rings (SSSR count). The third kappa shape index (κ3) is 4.82. The van der Waals surface area contributed by atoms with Gasteiger partial charge in [-0.3, -0.25) is 10.1 Å². The van der Waals surface area contributed by atoms with E-state index >= 15 is 0 Å². The lowest BCUT2D eigenvalue weighted by Gasteiger charge is -2.24. The minimum absolute atomic E-state index is 0.0730. The van der Waals surface area contributed by atoms with Crippen molar-refractivity contribution in [3.05, 3.63) is 28.3 Å². The molecule has 1 unspecified atom stereocenters. The molecule has 1 aromatic rings. The lowest BCUT2D eigenvalue weighted by atomic mass is 10.2. The van der Waals surface area contributed by atoms with Crippen LogP contribution in [0.1, 0.15) is 19.8 Å². The summed E-state index contributed by atoms with van der Waals surface area (Å²) in [6, 6.07) is 4.38. The molecule has 1 saturated heterocycles. The van der Waals surface area contributed by atoms with Gasteiger partial charge in [0, 0.05) is 12.7 Å². The Morgan fingerprint density at radius 1 is 1.48 bits per heavy atom. The SMILES string of the molecule is CCOC(=O)COc1c(OC2CCCOC2)cccc1[N+](=O)[O-]. The molecular weight excluding hydrogens is 306 g/mol. The van der Waals surface area contributed by atoms with E-state index in [1.54, 1.807) is 13.0 Å². The number of hydrogen-bond acceptors (Lipinski definition) is 7. The lowest BCUT2D eigenvalue weighted by Crippen LogP contribution is -2.28. The fraction of sp³-hybridized carbons (Fsp3) is 0.533. The van der Waals surface area contributed by atoms with Crippen molar-refractivity contribution in [1.29, 1.82) is 0 Å². The topological polar surface area (TPSA) is 97.1 Å². The summed E-state index contributed by atoms with van der Waals surface area (Å²) in [5.74, 6) is -0.451. The lowest BCUT2D eigenvalue weighted by molar-refractivity contribution is -0.385. The number of hydrogen-bond donors (Lipinski definition) is 0. The van der Waals surface area contributed by atoms with Gasteiger partial charge in [-0.15, -0.1) is 0 Å². The van der Waals surface area contributed by atoms with Crippen molar-refractivity contribution in [3.8, 4) is 11.5 Å². The molecule has 0 saturated carbocycles. The predicted molar refractivity (Wildman–Crippen MR) is 79.7 cm³/mol. The maximum absolute atomic E-state index is 11.4. The summed E-state index contributed by atoms with van der Waals surface area (Å²) in [6.45, 7) is 2.56. The van der Waals surface area contributed by atoms with Crippen molar-refractivity contribution in [2.45, 2.75) is 25.9 Å². The highest BCUT2D eigenvalue weighted by atomic mass is 16.6. The maximum Gasteiger partial charge on any atom is 0.344 e. The van der Waals surface area contributed by atoms with Gasteiger partial charge in [0.15, 0.2) is 12.4 Å². The first-order valence-electron chi connectivity index (χ1n) is 7.42. The molecule has 1 aromatic carbocycles. The van der Waals surface area contributed by atoms with Gasteiger partial charge in [0.05, 0.1) is 18.1 Å². The molecule has 0 aliphatic carbocycles. The van der Waals surface area contributed by atoms with Crippen molar-refractivity contribution in [2.24, 2.45) is 0 Å². The first-order chi connectivity index (χ1) is 11.1. The summed E-state index contributed by atoms with van der Waals surface area (Å²) in [5, 5.41) is 11.2. The van der Waals surface area contributed by atoms with Crippen LogP contribution in [0.2, 0.25) is 0 Å². The molecule has 0 N–H and O–H groups in total. The zero-order chi connectivity index (χ0) is 16.7. The predicted octanol–water partition coefficient (Wildman–Crippen LogP) is 2.09. The Balaban J connectivity index is 2.16. The van der Waals surface area contributed by atoms with E-state index in [4.69, 9.17) is 18.9 Å². The Hall–Kier alpha value is -2.35. The number of benzene rings is 1. The van der Waals surface area contributed by atoms with Crippen LogP contribution in [0.4, 0.5) is 5.69 Å².